The summed E-state index contributed by atoms with van der Waals surface area (Å²) in [4.78, 5) is 0. The molecule has 2 aliphatic rings. The van der Waals surface area contributed by atoms with Crippen LogP contribution in [0.15, 0.2) is 64.1 Å². The number of methoxy groups -OCH3 is 1. The Balaban J connectivity index is 1.62. The Morgan fingerprint density at radius 2 is 2.03 bits per heavy atom. The first-order chi connectivity index (χ1) is 14.9. The van der Waals surface area contributed by atoms with Gasteiger partial charge in [0.2, 0.25) is 0 Å². The molecule has 2 heterocycles. The lowest BCUT2D eigenvalue weighted by Crippen LogP contribution is -2.19. The molecule has 2 atom stereocenters. The van der Waals surface area contributed by atoms with E-state index in [4.69, 9.17) is 9.47 Å². The van der Waals surface area contributed by atoms with Crippen LogP contribution in [0.1, 0.15) is 24.0 Å². The third-order valence-corrected chi connectivity index (χ3v) is 8.32. The van der Waals surface area contributed by atoms with E-state index in [1.165, 1.54) is 0 Å². The molecule has 0 aliphatic carbocycles. The molecule has 0 spiro atoms. The number of halogens is 1. The molecule has 0 bridgehead atoms. The van der Waals surface area contributed by atoms with Crippen LogP contribution < -0.4 is 0 Å². The van der Waals surface area contributed by atoms with E-state index < -0.39 is 15.1 Å². The monoisotopic (exact) mass is 504 g/mol. The maximum atomic E-state index is 12.5. The van der Waals surface area contributed by atoms with E-state index in [2.05, 4.69) is 15.9 Å². The van der Waals surface area contributed by atoms with Gasteiger partial charge in [-0.25, -0.2) is 8.42 Å². The number of phenols is 1. The number of hydrogen-bond donors (Lipinski definition) is 1. The first-order valence-electron chi connectivity index (χ1n) is 10.2. The summed E-state index contributed by atoms with van der Waals surface area (Å²) in [5, 5.41) is 9.77. The van der Waals surface area contributed by atoms with Gasteiger partial charge in [0.25, 0.3) is 0 Å². The molecule has 4 rings (SSSR count). The van der Waals surface area contributed by atoms with Crippen molar-refractivity contribution in [3.63, 3.8) is 0 Å². The zero-order valence-electron chi connectivity index (χ0n) is 17.3. The van der Waals surface area contributed by atoms with Crippen molar-refractivity contribution in [1.29, 1.82) is 0 Å². The fourth-order valence-corrected chi connectivity index (χ4v) is 6.68. The van der Waals surface area contributed by atoms with Gasteiger partial charge in [-0.05, 0) is 59.4 Å². The molecule has 31 heavy (non-hydrogen) atoms. The van der Waals surface area contributed by atoms with Crippen LogP contribution in [0.2, 0.25) is 0 Å². The van der Waals surface area contributed by atoms with Gasteiger partial charge in [-0.1, -0.05) is 46.3 Å². The molecule has 164 valence electrons. The summed E-state index contributed by atoms with van der Waals surface area (Å²) in [5.41, 5.74) is 4.56. The van der Waals surface area contributed by atoms with Crippen molar-refractivity contribution in [2.45, 2.75) is 24.2 Å². The van der Waals surface area contributed by atoms with Crippen LogP contribution >= 0.6 is 15.9 Å². The highest BCUT2D eigenvalue weighted by Gasteiger charge is 2.46. The van der Waals surface area contributed by atoms with Crippen molar-refractivity contribution in [3.8, 4) is 5.75 Å². The highest BCUT2D eigenvalue weighted by Crippen LogP contribution is 2.39. The maximum Gasteiger partial charge on any atom is 0.163 e. The molecule has 1 fully saturated rings. The first-order valence-corrected chi connectivity index (χ1v) is 12.7. The van der Waals surface area contributed by atoms with Crippen LogP contribution in [0.4, 0.5) is 0 Å². The number of aromatic hydroxyl groups is 1. The molecule has 1 N–H and O–H groups in total. The summed E-state index contributed by atoms with van der Waals surface area (Å²) in [5.74, 6) is 0.273. The summed E-state index contributed by atoms with van der Waals surface area (Å²) in [6, 6.07) is 15.3. The summed E-state index contributed by atoms with van der Waals surface area (Å²) >= 11 is 3.46. The van der Waals surface area contributed by atoms with Gasteiger partial charge in [0.1, 0.15) is 11.0 Å². The third-order valence-electron chi connectivity index (χ3n) is 5.82. The third kappa shape index (κ3) is 4.80. The minimum Gasteiger partial charge on any atom is -0.507 e. The van der Waals surface area contributed by atoms with Gasteiger partial charge in [0.05, 0.1) is 25.1 Å². The summed E-state index contributed by atoms with van der Waals surface area (Å²) < 4.78 is 37.1. The summed E-state index contributed by atoms with van der Waals surface area (Å²) in [7, 11) is -1.63. The zero-order valence-corrected chi connectivity index (χ0v) is 19.7. The number of fused-ring (bicyclic) bond motifs is 1. The van der Waals surface area contributed by atoms with Crippen molar-refractivity contribution < 1.29 is 23.0 Å². The number of rotatable bonds is 7. The SMILES string of the molecule is COCC1=C2[C@@H](CC/C(=C/c3cc(Br)ccc3O)c3ccccc3)OC[C@@H]2S(=O)(=O)C1. The molecule has 2 aromatic rings. The highest BCUT2D eigenvalue weighted by molar-refractivity contribution is 9.10. The van der Waals surface area contributed by atoms with Gasteiger partial charge in [-0.3, -0.25) is 0 Å². The van der Waals surface area contributed by atoms with Crippen LogP contribution in [0.3, 0.4) is 0 Å². The Morgan fingerprint density at radius 3 is 2.77 bits per heavy atom. The van der Waals surface area contributed by atoms with Crippen molar-refractivity contribution in [2.24, 2.45) is 0 Å². The van der Waals surface area contributed by atoms with E-state index in [-0.39, 0.29) is 24.2 Å². The topological polar surface area (TPSA) is 72.8 Å². The second-order valence-corrected chi connectivity index (χ2v) is 11.0. The minimum atomic E-state index is -3.21. The highest BCUT2D eigenvalue weighted by atomic mass is 79.9. The lowest BCUT2D eigenvalue weighted by atomic mass is 9.93. The van der Waals surface area contributed by atoms with E-state index in [0.717, 1.165) is 32.3 Å². The normalized spacial score (nSPS) is 22.7. The van der Waals surface area contributed by atoms with Crippen LogP contribution in [0.25, 0.3) is 11.6 Å². The number of allylic oxidation sites excluding steroid dienone is 1. The number of ether oxygens (including phenoxy) is 2. The van der Waals surface area contributed by atoms with Crippen molar-refractivity contribution in [1.82, 2.24) is 0 Å². The second kappa shape index (κ2) is 9.28. The minimum absolute atomic E-state index is 0.0635. The van der Waals surface area contributed by atoms with E-state index in [1.807, 2.05) is 42.5 Å². The second-order valence-electron chi connectivity index (χ2n) is 7.89. The predicted molar refractivity (Wildman–Crippen MR) is 126 cm³/mol. The molecule has 0 radical (unpaired) electrons. The van der Waals surface area contributed by atoms with E-state index in [0.29, 0.717) is 19.4 Å². The molecule has 5 nitrogen and oxygen atoms in total. The maximum absolute atomic E-state index is 12.5. The lowest BCUT2D eigenvalue weighted by molar-refractivity contribution is 0.118. The van der Waals surface area contributed by atoms with Gasteiger partial charge >= 0.3 is 0 Å². The number of hydrogen-bond acceptors (Lipinski definition) is 5. The summed E-state index contributed by atoms with van der Waals surface area (Å²) in [6.07, 6.45) is 3.08. The van der Waals surface area contributed by atoms with Crippen LogP contribution in [0, 0.1) is 0 Å². The largest absolute Gasteiger partial charge is 0.507 e. The Bertz CT molecular complexity index is 1120. The van der Waals surface area contributed by atoms with E-state index >= 15 is 0 Å². The molecule has 0 amide bonds. The molecular weight excluding hydrogens is 480 g/mol. The van der Waals surface area contributed by atoms with Crippen molar-refractivity contribution in [2.75, 3.05) is 26.1 Å². The molecule has 1 saturated heterocycles. The fourth-order valence-electron chi connectivity index (χ4n) is 4.38. The number of benzene rings is 2. The quantitative estimate of drug-likeness (QED) is 0.440. The van der Waals surface area contributed by atoms with Crippen molar-refractivity contribution >= 4 is 37.4 Å². The Morgan fingerprint density at radius 1 is 1.26 bits per heavy atom. The molecule has 7 heteroatoms. The van der Waals surface area contributed by atoms with Crippen LogP contribution in [0.5, 0.6) is 5.75 Å². The number of sulfone groups is 1. The molecule has 2 aliphatic heterocycles. The lowest BCUT2D eigenvalue weighted by Gasteiger charge is -2.16. The Kier molecular flexibility index (Phi) is 6.67. The van der Waals surface area contributed by atoms with Gasteiger partial charge < -0.3 is 14.6 Å². The van der Waals surface area contributed by atoms with E-state index in [1.54, 1.807) is 19.2 Å². The fraction of sp³-hybridized carbons (Fsp3) is 0.333. The van der Waals surface area contributed by atoms with Gasteiger partial charge in [0.15, 0.2) is 9.84 Å². The molecule has 2 aromatic carbocycles. The molecule has 0 aromatic heterocycles. The first kappa shape index (κ1) is 22.3. The molecule has 0 unspecified atom stereocenters. The Hall–Kier alpha value is -1.93. The van der Waals surface area contributed by atoms with Crippen molar-refractivity contribution in [3.05, 3.63) is 75.3 Å². The van der Waals surface area contributed by atoms with E-state index in [9.17, 15) is 13.5 Å². The van der Waals surface area contributed by atoms with Crippen LogP contribution in [-0.4, -0.2) is 51.0 Å². The molecular formula is C24H25BrO5S. The van der Waals surface area contributed by atoms with Gasteiger partial charge in [-0.15, -0.1) is 0 Å². The predicted octanol–water partition coefficient (Wildman–Crippen LogP) is 4.61. The smallest absolute Gasteiger partial charge is 0.163 e. The Labute approximate surface area is 191 Å². The molecule has 0 saturated carbocycles. The summed E-state index contributed by atoms with van der Waals surface area (Å²) in [6.45, 7) is 0.532. The average molecular weight is 505 g/mol. The standard InChI is InChI=1S/C24H25BrO5S/c1-29-13-19-15-31(27,28)23-14-30-22(24(19)23)10-7-17(16-5-3-2-4-6-16)11-18-12-20(25)8-9-21(18)26/h2-6,8-9,11-12,22-23,26H,7,10,13-15H2,1H3/b17-11-/t22-,23+/m1/s1. The van der Waals surface area contributed by atoms with Crippen LogP contribution in [-0.2, 0) is 19.3 Å². The average Bonchev–Trinajstić information content (AvgIpc) is 3.28. The number of phenolic OH excluding ortho intramolecular Hbond substituents is 1. The van der Waals surface area contributed by atoms with Gasteiger partial charge in [-0.2, -0.15) is 0 Å². The van der Waals surface area contributed by atoms with Gasteiger partial charge in [0, 0.05) is 17.1 Å². The zero-order chi connectivity index (χ0) is 22.0.